The Kier molecular flexibility index (Phi) is 7.28. The van der Waals surface area contributed by atoms with E-state index in [1.807, 2.05) is 23.1 Å². The van der Waals surface area contributed by atoms with Crippen LogP contribution in [0.2, 0.25) is 0 Å². The van der Waals surface area contributed by atoms with E-state index in [-0.39, 0.29) is 18.1 Å². The molecular formula is C27H40N4O3. The number of alkyl carbamates (subject to hydrolysis) is 1. The van der Waals surface area contributed by atoms with Crippen LogP contribution >= 0.6 is 0 Å². The number of piperidine rings is 1. The Balaban J connectivity index is 1.30. The maximum absolute atomic E-state index is 13.9. The summed E-state index contributed by atoms with van der Waals surface area (Å²) in [5.74, 6) is 0.199. The molecule has 4 aliphatic rings. The van der Waals surface area contributed by atoms with Gasteiger partial charge in [-0.3, -0.25) is 4.79 Å². The van der Waals surface area contributed by atoms with Crippen molar-refractivity contribution in [1.29, 1.82) is 0 Å². The van der Waals surface area contributed by atoms with E-state index in [0.717, 1.165) is 31.6 Å². The molecule has 3 saturated heterocycles. The lowest BCUT2D eigenvalue weighted by Gasteiger charge is -2.45. The summed E-state index contributed by atoms with van der Waals surface area (Å²) in [6, 6.07) is 11.0. The van der Waals surface area contributed by atoms with Gasteiger partial charge in [0.1, 0.15) is 11.6 Å². The molecule has 0 aromatic heterocycles. The van der Waals surface area contributed by atoms with Gasteiger partial charge in [0.2, 0.25) is 5.91 Å². The van der Waals surface area contributed by atoms with Crippen molar-refractivity contribution in [2.45, 2.75) is 88.3 Å². The number of carbonyl (C=O) groups excluding carboxylic acids is 2. The minimum atomic E-state index is -0.496. The molecule has 7 nitrogen and oxygen atoms in total. The van der Waals surface area contributed by atoms with Crippen LogP contribution in [0, 0.1) is 0 Å². The largest absolute Gasteiger partial charge is 0.442 e. The molecule has 1 N–H and O–H groups in total. The first-order valence-electron chi connectivity index (χ1n) is 13.5. The van der Waals surface area contributed by atoms with Crippen molar-refractivity contribution in [1.82, 2.24) is 15.1 Å². The van der Waals surface area contributed by atoms with Gasteiger partial charge in [0.25, 0.3) is 0 Å². The Morgan fingerprint density at radius 2 is 1.56 bits per heavy atom. The number of hydrogen-bond acceptors (Lipinski definition) is 5. The Morgan fingerprint density at radius 1 is 0.912 bits per heavy atom. The van der Waals surface area contributed by atoms with Gasteiger partial charge < -0.3 is 24.8 Å². The number of hydrogen-bond donors (Lipinski definition) is 1. The SMILES string of the molecule is O=C1NCC(CN2CN(c3ccccc3)C3(CCN(C4CCCCCCCCC4)CC3)C2=O)O1. The van der Waals surface area contributed by atoms with Gasteiger partial charge in [-0.15, -0.1) is 0 Å². The molecule has 3 aliphatic heterocycles. The maximum Gasteiger partial charge on any atom is 0.407 e. The standard InChI is InChI=1S/C27H40N4O3/c32-25-27(15-17-29(18-16-27)22-11-7-4-2-1-3-5-8-12-22)31(23-13-9-6-10-14-23)21-30(25)20-24-19-28-26(33)34-24/h6,9-10,13-14,22,24H,1-5,7-8,11-12,15-21H2,(H,28,33). The van der Waals surface area contributed by atoms with Crippen LogP contribution in [0.1, 0.15) is 70.6 Å². The highest BCUT2D eigenvalue weighted by Crippen LogP contribution is 2.40. The lowest BCUT2D eigenvalue weighted by atomic mass is 9.84. The molecule has 1 atom stereocenters. The van der Waals surface area contributed by atoms with E-state index in [1.165, 1.54) is 57.8 Å². The number of rotatable bonds is 4. The van der Waals surface area contributed by atoms with Crippen molar-refractivity contribution in [3.05, 3.63) is 30.3 Å². The molecule has 1 aliphatic carbocycles. The van der Waals surface area contributed by atoms with E-state index in [9.17, 15) is 9.59 Å². The summed E-state index contributed by atoms with van der Waals surface area (Å²) in [4.78, 5) is 32.3. The number of ether oxygens (including phenoxy) is 1. The van der Waals surface area contributed by atoms with Crippen LogP contribution in [-0.4, -0.2) is 72.3 Å². The number of likely N-dealkylation sites (tertiary alicyclic amines) is 1. The van der Waals surface area contributed by atoms with E-state index >= 15 is 0 Å². The summed E-state index contributed by atoms with van der Waals surface area (Å²) in [7, 11) is 0. The second-order valence-electron chi connectivity index (χ2n) is 10.6. The molecule has 1 unspecified atom stereocenters. The first-order valence-corrected chi connectivity index (χ1v) is 13.5. The smallest absolute Gasteiger partial charge is 0.407 e. The predicted molar refractivity (Wildman–Crippen MR) is 133 cm³/mol. The van der Waals surface area contributed by atoms with Gasteiger partial charge in [-0.2, -0.15) is 0 Å². The monoisotopic (exact) mass is 468 g/mol. The fourth-order valence-electron chi connectivity index (χ4n) is 6.53. The molecule has 1 saturated carbocycles. The normalized spacial score (nSPS) is 27.1. The molecule has 1 aromatic rings. The first kappa shape index (κ1) is 23.5. The van der Waals surface area contributed by atoms with Gasteiger partial charge >= 0.3 is 6.09 Å². The molecule has 5 rings (SSSR count). The number of nitrogens with zero attached hydrogens (tertiary/aromatic N) is 3. The molecule has 3 heterocycles. The van der Waals surface area contributed by atoms with Crippen molar-refractivity contribution in [2.24, 2.45) is 0 Å². The Labute approximate surface area is 203 Å². The molecular weight excluding hydrogens is 428 g/mol. The number of amides is 2. The van der Waals surface area contributed by atoms with Gasteiger partial charge in [0.05, 0.1) is 19.8 Å². The fourth-order valence-corrected chi connectivity index (χ4v) is 6.53. The first-order chi connectivity index (χ1) is 16.7. The van der Waals surface area contributed by atoms with Crippen LogP contribution in [0.4, 0.5) is 10.5 Å². The van der Waals surface area contributed by atoms with Crippen LogP contribution in [-0.2, 0) is 9.53 Å². The van der Waals surface area contributed by atoms with Crippen LogP contribution in [0.15, 0.2) is 30.3 Å². The second kappa shape index (κ2) is 10.5. The van der Waals surface area contributed by atoms with E-state index in [4.69, 9.17) is 4.74 Å². The summed E-state index contributed by atoms with van der Waals surface area (Å²) in [6.45, 7) is 3.44. The van der Waals surface area contributed by atoms with E-state index in [0.29, 0.717) is 25.8 Å². The fraction of sp³-hybridized carbons (Fsp3) is 0.704. The molecule has 186 valence electrons. The zero-order valence-corrected chi connectivity index (χ0v) is 20.4. The topological polar surface area (TPSA) is 65.1 Å². The summed E-state index contributed by atoms with van der Waals surface area (Å²) in [5, 5.41) is 2.71. The zero-order valence-electron chi connectivity index (χ0n) is 20.4. The molecule has 4 fully saturated rings. The molecule has 0 bridgehead atoms. The van der Waals surface area contributed by atoms with Crippen molar-refractivity contribution in [3.63, 3.8) is 0 Å². The average Bonchev–Trinajstić information content (AvgIpc) is 3.40. The Bertz CT molecular complexity index is 830. The molecule has 34 heavy (non-hydrogen) atoms. The maximum atomic E-state index is 13.9. The lowest BCUT2D eigenvalue weighted by Crippen LogP contribution is -2.58. The lowest BCUT2D eigenvalue weighted by molar-refractivity contribution is -0.134. The third kappa shape index (κ3) is 4.90. The highest BCUT2D eigenvalue weighted by Gasteiger charge is 2.54. The van der Waals surface area contributed by atoms with Crippen molar-refractivity contribution in [3.8, 4) is 0 Å². The number of anilines is 1. The van der Waals surface area contributed by atoms with Gasteiger partial charge in [0.15, 0.2) is 0 Å². The van der Waals surface area contributed by atoms with Gasteiger partial charge in [-0.25, -0.2) is 4.79 Å². The molecule has 2 amide bonds. The van der Waals surface area contributed by atoms with E-state index in [1.54, 1.807) is 0 Å². The third-order valence-corrected chi connectivity index (χ3v) is 8.47. The minimum absolute atomic E-state index is 0.199. The Hall–Kier alpha value is -2.28. The number of nitrogens with one attached hydrogen (secondary N) is 1. The molecule has 0 radical (unpaired) electrons. The number of benzene rings is 1. The summed E-state index contributed by atoms with van der Waals surface area (Å²) < 4.78 is 5.36. The van der Waals surface area contributed by atoms with Gasteiger partial charge in [0, 0.05) is 24.8 Å². The van der Waals surface area contributed by atoms with Crippen molar-refractivity contribution < 1.29 is 14.3 Å². The second-order valence-corrected chi connectivity index (χ2v) is 10.6. The summed E-state index contributed by atoms with van der Waals surface area (Å²) >= 11 is 0. The minimum Gasteiger partial charge on any atom is -0.442 e. The molecule has 1 aromatic carbocycles. The van der Waals surface area contributed by atoms with Crippen LogP contribution in [0.3, 0.4) is 0 Å². The van der Waals surface area contributed by atoms with Crippen LogP contribution < -0.4 is 10.2 Å². The van der Waals surface area contributed by atoms with E-state index < -0.39 is 5.54 Å². The number of cyclic esters (lactones) is 1. The molecule has 7 heteroatoms. The molecule has 1 spiro atoms. The quantitative estimate of drug-likeness (QED) is 0.720. The number of para-hydroxylation sites is 1. The third-order valence-electron chi connectivity index (χ3n) is 8.47. The van der Waals surface area contributed by atoms with Crippen LogP contribution in [0.5, 0.6) is 0 Å². The predicted octanol–water partition coefficient (Wildman–Crippen LogP) is 4.13. The number of carbonyl (C=O) groups is 2. The summed E-state index contributed by atoms with van der Waals surface area (Å²) in [5.41, 5.74) is 0.608. The van der Waals surface area contributed by atoms with Gasteiger partial charge in [-0.1, -0.05) is 63.1 Å². The van der Waals surface area contributed by atoms with Crippen molar-refractivity contribution in [2.75, 3.05) is 37.7 Å². The average molecular weight is 469 g/mol. The Morgan fingerprint density at radius 3 is 2.18 bits per heavy atom. The van der Waals surface area contributed by atoms with Gasteiger partial charge in [-0.05, 0) is 37.8 Å². The highest BCUT2D eigenvalue weighted by atomic mass is 16.6. The van der Waals surface area contributed by atoms with Crippen molar-refractivity contribution >= 4 is 17.7 Å². The van der Waals surface area contributed by atoms with Crippen LogP contribution in [0.25, 0.3) is 0 Å². The summed E-state index contributed by atoms with van der Waals surface area (Å²) in [6.07, 6.45) is 13.2. The zero-order chi connectivity index (χ0) is 23.4. The highest BCUT2D eigenvalue weighted by molar-refractivity contribution is 5.93. The van der Waals surface area contributed by atoms with E-state index in [2.05, 4.69) is 27.2 Å².